The molecule has 1 heterocycles. The molecule has 0 atom stereocenters. The van der Waals surface area contributed by atoms with Gasteiger partial charge in [0.2, 0.25) is 0 Å². The van der Waals surface area contributed by atoms with Gasteiger partial charge in [-0.2, -0.15) is 0 Å². The maximum atomic E-state index is 12.7. The Morgan fingerprint density at radius 3 is 2.44 bits per heavy atom. The fraction of sp³-hybridized carbons (Fsp3) is 0.105. The lowest BCUT2D eigenvalue weighted by Gasteiger charge is -2.15. The van der Waals surface area contributed by atoms with E-state index in [0.29, 0.717) is 22.0 Å². The lowest BCUT2D eigenvalue weighted by molar-refractivity contribution is -0.120. The molecule has 8 heteroatoms. The van der Waals surface area contributed by atoms with Gasteiger partial charge in [0, 0.05) is 10.7 Å². The number of hydrogen-bond acceptors (Lipinski definition) is 5. The maximum Gasteiger partial charge on any atom is 0.338 e. The molecule has 2 aromatic carbocycles. The first-order valence-electron chi connectivity index (χ1n) is 8.00. The van der Waals surface area contributed by atoms with Gasteiger partial charge in [-0.1, -0.05) is 29.3 Å². The van der Waals surface area contributed by atoms with Gasteiger partial charge in [0.05, 0.1) is 17.9 Å². The number of rotatable bonds is 5. The van der Waals surface area contributed by atoms with Crippen molar-refractivity contribution in [1.29, 1.82) is 0 Å². The Kier molecular flexibility index (Phi) is 5.48. The molecule has 0 spiro atoms. The molecule has 0 fully saturated rings. The molecule has 2 aromatic rings. The van der Waals surface area contributed by atoms with E-state index in [4.69, 9.17) is 27.9 Å². The van der Waals surface area contributed by atoms with E-state index in [0.717, 1.165) is 4.90 Å². The van der Waals surface area contributed by atoms with Crippen molar-refractivity contribution in [1.82, 2.24) is 0 Å². The molecule has 1 N–H and O–H groups in total. The van der Waals surface area contributed by atoms with Gasteiger partial charge >= 0.3 is 5.97 Å². The highest BCUT2D eigenvalue weighted by atomic mass is 35.5. The molecule has 2 amide bonds. The second kappa shape index (κ2) is 7.82. The number of carbonyl (C=O) groups is 3. The number of imide groups is 1. The Morgan fingerprint density at radius 1 is 1.07 bits per heavy atom. The summed E-state index contributed by atoms with van der Waals surface area (Å²) in [6, 6.07) is 12.6. The molecule has 0 radical (unpaired) electrons. The molecular formula is C19H14Cl2N2O4. The number of anilines is 2. The molecule has 1 aliphatic rings. The summed E-state index contributed by atoms with van der Waals surface area (Å²) < 4.78 is 4.95. The average molecular weight is 405 g/mol. The van der Waals surface area contributed by atoms with E-state index in [1.54, 1.807) is 49.4 Å². The minimum Gasteiger partial charge on any atom is -0.462 e. The molecule has 1 aliphatic heterocycles. The average Bonchev–Trinajstić information content (AvgIpc) is 2.87. The number of esters is 1. The number of carbonyl (C=O) groups excluding carboxylic acids is 3. The Balaban J connectivity index is 1.86. The van der Waals surface area contributed by atoms with Crippen LogP contribution in [-0.2, 0) is 14.3 Å². The van der Waals surface area contributed by atoms with E-state index < -0.39 is 17.8 Å². The van der Waals surface area contributed by atoms with E-state index in [9.17, 15) is 14.4 Å². The van der Waals surface area contributed by atoms with Crippen molar-refractivity contribution in [2.45, 2.75) is 6.92 Å². The van der Waals surface area contributed by atoms with Gasteiger partial charge in [-0.05, 0) is 49.4 Å². The SMILES string of the molecule is CCOC(=O)c1cccc(NC2=C(Cl)C(=O)N(c3ccc(Cl)cc3)C2=O)c1. The van der Waals surface area contributed by atoms with Crippen molar-refractivity contribution >= 4 is 52.4 Å². The number of nitrogens with one attached hydrogen (secondary N) is 1. The smallest absolute Gasteiger partial charge is 0.338 e. The minimum atomic E-state index is -0.645. The largest absolute Gasteiger partial charge is 0.462 e. The Labute approximate surface area is 165 Å². The van der Waals surface area contributed by atoms with Crippen LogP contribution in [0.4, 0.5) is 11.4 Å². The Bertz CT molecular complexity index is 954. The lowest BCUT2D eigenvalue weighted by Crippen LogP contribution is -2.32. The number of ether oxygens (including phenoxy) is 1. The Hall–Kier alpha value is -2.83. The number of nitrogens with zero attached hydrogens (tertiary/aromatic N) is 1. The van der Waals surface area contributed by atoms with Crippen LogP contribution in [0.15, 0.2) is 59.3 Å². The van der Waals surface area contributed by atoms with Gasteiger partial charge in [-0.15, -0.1) is 0 Å². The number of hydrogen-bond donors (Lipinski definition) is 1. The Morgan fingerprint density at radius 2 is 1.78 bits per heavy atom. The van der Waals surface area contributed by atoms with Gasteiger partial charge in [0.15, 0.2) is 0 Å². The quantitative estimate of drug-likeness (QED) is 0.602. The van der Waals surface area contributed by atoms with Crippen LogP contribution in [0.3, 0.4) is 0 Å². The molecule has 138 valence electrons. The molecule has 0 saturated carbocycles. The fourth-order valence-corrected chi connectivity index (χ4v) is 2.86. The lowest BCUT2D eigenvalue weighted by atomic mass is 10.2. The van der Waals surface area contributed by atoms with Gasteiger partial charge in [0.25, 0.3) is 11.8 Å². The van der Waals surface area contributed by atoms with Gasteiger partial charge in [-0.3, -0.25) is 9.59 Å². The van der Waals surface area contributed by atoms with Crippen molar-refractivity contribution < 1.29 is 19.1 Å². The van der Waals surface area contributed by atoms with E-state index in [-0.39, 0.29) is 17.3 Å². The van der Waals surface area contributed by atoms with Crippen LogP contribution in [0.25, 0.3) is 0 Å². The third kappa shape index (κ3) is 3.82. The molecule has 6 nitrogen and oxygen atoms in total. The third-order valence-electron chi connectivity index (χ3n) is 3.76. The minimum absolute atomic E-state index is 0.0716. The van der Waals surface area contributed by atoms with Crippen molar-refractivity contribution in [3.63, 3.8) is 0 Å². The molecule has 3 rings (SSSR count). The molecule has 0 bridgehead atoms. The summed E-state index contributed by atoms with van der Waals surface area (Å²) in [4.78, 5) is 37.9. The number of halogens is 2. The fourth-order valence-electron chi connectivity index (χ4n) is 2.52. The van der Waals surface area contributed by atoms with Crippen LogP contribution in [0.2, 0.25) is 5.02 Å². The summed E-state index contributed by atoms with van der Waals surface area (Å²) in [5.41, 5.74) is 1.01. The van der Waals surface area contributed by atoms with Crippen molar-refractivity contribution in [2.24, 2.45) is 0 Å². The normalized spacial score (nSPS) is 14.0. The van der Waals surface area contributed by atoms with Gasteiger partial charge in [-0.25, -0.2) is 9.69 Å². The molecule has 0 saturated heterocycles. The second-order valence-corrected chi connectivity index (χ2v) is 6.35. The van der Waals surface area contributed by atoms with Crippen molar-refractivity contribution in [3.05, 3.63) is 69.8 Å². The molecular weight excluding hydrogens is 391 g/mol. The molecule has 0 unspecified atom stereocenters. The topological polar surface area (TPSA) is 75.7 Å². The predicted octanol–water partition coefficient (Wildman–Crippen LogP) is 3.95. The third-order valence-corrected chi connectivity index (χ3v) is 4.36. The van der Waals surface area contributed by atoms with E-state index in [1.807, 2.05) is 0 Å². The van der Waals surface area contributed by atoms with Crippen LogP contribution in [0.1, 0.15) is 17.3 Å². The van der Waals surface area contributed by atoms with Gasteiger partial charge < -0.3 is 10.1 Å². The van der Waals surface area contributed by atoms with Gasteiger partial charge in [0.1, 0.15) is 10.7 Å². The summed E-state index contributed by atoms with van der Waals surface area (Å²) in [6.07, 6.45) is 0. The van der Waals surface area contributed by atoms with Crippen LogP contribution in [0, 0.1) is 0 Å². The maximum absolute atomic E-state index is 12.7. The van der Waals surface area contributed by atoms with E-state index in [1.165, 1.54) is 6.07 Å². The van der Waals surface area contributed by atoms with E-state index >= 15 is 0 Å². The molecule has 27 heavy (non-hydrogen) atoms. The zero-order chi connectivity index (χ0) is 19.6. The number of amides is 2. The van der Waals surface area contributed by atoms with Crippen LogP contribution >= 0.6 is 23.2 Å². The summed E-state index contributed by atoms with van der Waals surface area (Å²) in [5, 5.41) is 3.06. The molecule has 0 aliphatic carbocycles. The first-order valence-corrected chi connectivity index (χ1v) is 8.76. The summed E-state index contributed by atoms with van der Waals surface area (Å²) in [7, 11) is 0. The van der Waals surface area contributed by atoms with Crippen molar-refractivity contribution in [3.8, 4) is 0 Å². The second-order valence-electron chi connectivity index (χ2n) is 5.54. The summed E-state index contributed by atoms with van der Waals surface area (Å²) in [6.45, 7) is 1.95. The van der Waals surface area contributed by atoms with Crippen molar-refractivity contribution in [2.75, 3.05) is 16.8 Å². The monoisotopic (exact) mass is 404 g/mol. The first-order chi connectivity index (χ1) is 12.9. The zero-order valence-corrected chi connectivity index (χ0v) is 15.7. The highest BCUT2D eigenvalue weighted by Crippen LogP contribution is 2.30. The van der Waals surface area contributed by atoms with E-state index in [2.05, 4.69) is 5.32 Å². The van der Waals surface area contributed by atoms with Crippen LogP contribution in [0.5, 0.6) is 0 Å². The summed E-state index contributed by atoms with van der Waals surface area (Å²) >= 11 is 11.9. The standard InChI is InChI=1S/C19H14Cl2N2O4/c1-2-27-19(26)11-4-3-5-13(10-11)22-16-15(21)17(24)23(18(16)25)14-8-6-12(20)7-9-14/h3-10,22H,2H2,1H3. The summed E-state index contributed by atoms with van der Waals surface area (Å²) in [5.74, 6) is -1.74. The highest BCUT2D eigenvalue weighted by molar-refractivity contribution is 6.53. The first kappa shape index (κ1) is 18.9. The number of benzene rings is 2. The van der Waals surface area contributed by atoms with Crippen LogP contribution < -0.4 is 10.2 Å². The predicted molar refractivity (Wildman–Crippen MR) is 103 cm³/mol. The molecule has 0 aromatic heterocycles. The van der Waals surface area contributed by atoms with Crippen LogP contribution in [-0.4, -0.2) is 24.4 Å². The zero-order valence-electron chi connectivity index (χ0n) is 14.2. The highest BCUT2D eigenvalue weighted by Gasteiger charge is 2.38.